The summed E-state index contributed by atoms with van der Waals surface area (Å²) in [6.07, 6.45) is 2.76. The molecule has 5 nitrogen and oxygen atoms in total. The van der Waals surface area contributed by atoms with Crippen LogP contribution in [0.3, 0.4) is 0 Å². The van der Waals surface area contributed by atoms with Crippen molar-refractivity contribution >= 4 is 35.9 Å². The highest BCUT2D eigenvalue weighted by atomic mass is 127. The number of hydrogen-bond donors (Lipinski definition) is 1. The van der Waals surface area contributed by atoms with Crippen molar-refractivity contribution in [2.45, 2.75) is 47.0 Å². The number of likely N-dealkylation sites (tertiary alicyclic amines) is 1. The zero-order valence-corrected chi connectivity index (χ0v) is 17.0. The van der Waals surface area contributed by atoms with Crippen LogP contribution in [-0.2, 0) is 9.53 Å². The summed E-state index contributed by atoms with van der Waals surface area (Å²) in [6.45, 7) is 12.2. The minimum Gasteiger partial charge on any atom is -0.469 e. The fourth-order valence-electron chi connectivity index (χ4n) is 2.42. The molecule has 0 radical (unpaired) electrons. The number of rotatable bonds is 4. The van der Waals surface area contributed by atoms with Crippen molar-refractivity contribution < 1.29 is 9.53 Å². The third-order valence-electron chi connectivity index (χ3n) is 3.79. The number of carbonyl (C=O) groups excluding carboxylic acids is 1. The molecule has 22 heavy (non-hydrogen) atoms. The van der Waals surface area contributed by atoms with E-state index in [9.17, 15) is 4.79 Å². The monoisotopic (exact) mass is 425 g/mol. The molecule has 0 bridgehead atoms. The second kappa shape index (κ2) is 10.3. The number of methoxy groups -OCH3 is 1. The van der Waals surface area contributed by atoms with Crippen molar-refractivity contribution in [3.63, 3.8) is 0 Å². The quantitative estimate of drug-likeness (QED) is 0.326. The minimum atomic E-state index is -0.0793. The summed E-state index contributed by atoms with van der Waals surface area (Å²) in [6, 6.07) is 0. The van der Waals surface area contributed by atoms with E-state index in [0.717, 1.165) is 51.4 Å². The molecule has 130 valence electrons. The zero-order chi connectivity index (χ0) is 15.9. The maximum Gasteiger partial charge on any atom is 0.308 e. The van der Waals surface area contributed by atoms with Gasteiger partial charge in [-0.15, -0.1) is 24.0 Å². The van der Waals surface area contributed by atoms with E-state index in [1.807, 2.05) is 0 Å². The lowest BCUT2D eigenvalue weighted by Gasteiger charge is -2.33. The molecule has 1 fully saturated rings. The Morgan fingerprint density at radius 3 is 2.36 bits per heavy atom. The summed E-state index contributed by atoms with van der Waals surface area (Å²) >= 11 is 0. The van der Waals surface area contributed by atoms with Crippen LogP contribution in [0.25, 0.3) is 0 Å². The molecule has 0 unspecified atom stereocenters. The number of nitrogens with one attached hydrogen (secondary N) is 1. The topological polar surface area (TPSA) is 53.9 Å². The van der Waals surface area contributed by atoms with E-state index in [-0.39, 0.29) is 35.9 Å². The average Bonchev–Trinajstić information content (AvgIpc) is 2.44. The number of guanidine groups is 1. The summed E-state index contributed by atoms with van der Waals surface area (Å²) < 4.78 is 4.83. The van der Waals surface area contributed by atoms with E-state index in [1.165, 1.54) is 7.11 Å². The summed E-state index contributed by atoms with van der Waals surface area (Å²) in [5.74, 6) is 0.943. The van der Waals surface area contributed by atoms with Gasteiger partial charge >= 0.3 is 5.97 Å². The minimum absolute atomic E-state index is 0. The van der Waals surface area contributed by atoms with Crippen LogP contribution in [0.1, 0.15) is 47.0 Å². The first-order valence-electron chi connectivity index (χ1n) is 7.98. The largest absolute Gasteiger partial charge is 0.469 e. The Morgan fingerprint density at radius 2 is 1.91 bits per heavy atom. The maximum atomic E-state index is 11.6. The van der Waals surface area contributed by atoms with Crippen LogP contribution in [0.15, 0.2) is 4.99 Å². The number of hydrogen-bond acceptors (Lipinski definition) is 3. The fraction of sp³-hybridized carbons (Fsp3) is 0.875. The van der Waals surface area contributed by atoms with Gasteiger partial charge in [0.1, 0.15) is 0 Å². The summed E-state index contributed by atoms with van der Waals surface area (Å²) in [4.78, 5) is 18.5. The van der Waals surface area contributed by atoms with Crippen LogP contribution in [-0.4, -0.2) is 50.1 Å². The van der Waals surface area contributed by atoms with Gasteiger partial charge in [-0.3, -0.25) is 9.79 Å². The van der Waals surface area contributed by atoms with Crippen LogP contribution < -0.4 is 5.32 Å². The normalized spacial score (nSPS) is 17.0. The molecule has 0 aromatic carbocycles. The van der Waals surface area contributed by atoms with Crippen molar-refractivity contribution in [2.24, 2.45) is 16.3 Å². The Morgan fingerprint density at radius 1 is 1.32 bits per heavy atom. The summed E-state index contributed by atoms with van der Waals surface area (Å²) in [5.41, 5.74) is 0.304. The molecule has 0 saturated carbocycles. The smallest absolute Gasteiger partial charge is 0.308 e. The number of aliphatic imine (C=N–C) groups is 1. The molecule has 1 saturated heterocycles. The summed E-state index contributed by atoms with van der Waals surface area (Å²) in [5, 5.41) is 3.36. The van der Waals surface area contributed by atoms with Gasteiger partial charge in [0, 0.05) is 26.2 Å². The molecule has 6 heteroatoms. The van der Waals surface area contributed by atoms with Crippen molar-refractivity contribution in [3.05, 3.63) is 0 Å². The number of ether oxygens (including phenoxy) is 1. The SMILES string of the molecule is CCNC(=NCCC(C)(C)C)N1CCC(C(=O)OC)CC1.I. The van der Waals surface area contributed by atoms with Gasteiger partial charge in [0.05, 0.1) is 13.0 Å². The number of piperidine rings is 1. The van der Waals surface area contributed by atoms with Gasteiger partial charge in [0.2, 0.25) is 0 Å². The lowest BCUT2D eigenvalue weighted by atomic mass is 9.92. The van der Waals surface area contributed by atoms with Gasteiger partial charge in [-0.1, -0.05) is 20.8 Å². The number of esters is 1. The first-order chi connectivity index (χ1) is 9.87. The molecule has 0 aromatic heterocycles. The highest BCUT2D eigenvalue weighted by Crippen LogP contribution is 2.20. The third-order valence-corrected chi connectivity index (χ3v) is 3.79. The van der Waals surface area contributed by atoms with Crippen LogP contribution >= 0.6 is 24.0 Å². The lowest BCUT2D eigenvalue weighted by molar-refractivity contribution is -0.146. The zero-order valence-electron chi connectivity index (χ0n) is 14.6. The molecule has 1 aliphatic rings. The molecular formula is C16H32IN3O2. The predicted octanol–water partition coefficient (Wildman–Crippen LogP) is 2.89. The van der Waals surface area contributed by atoms with Crippen molar-refractivity contribution in [1.82, 2.24) is 10.2 Å². The van der Waals surface area contributed by atoms with Crippen LogP contribution in [0, 0.1) is 11.3 Å². The van der Waals surface area contributed by atoms with Gasteiger partial charge in [-0.25, -0.2) is 0 Å². The summed E-state index contributed by atoms with van der Waals surface area (Å²) in [7, 11) is 1.47. The molecule has 0 spiro atoms. The van der Waals surface area contributed by atoms with Gasteiger partial charge in [-0.05, 0) is 31.6 Å². The van der Waals surface area contributed by atoms with E-state index in [1.54, 1.807) is 0 Å². The molecular weight excluding hydrogens is 393 g/mol. The second-order valence-corrected chi connectivity index (χ2v) is 6.83. The van der Waals surface area contributed by atoms with E-state index in [0.29, 0.717) is 5.41 Å². The highest BCUT2D eigenvalue weighted by Gasteiger charge is 2.26. The highest BCUT2D eigenvalue weighted by molar-refractivity contribution is 14.0. The number of carbonyl (C=O) groups is 1. The Labute approximate surface area is 152 Å². The molecule has 1 heterocycles. The maximum absolute atomic E-state index is 11.6. The molecule has 1 rings (SSSR count). The van der Waals surface area contributed by atoms with Gasteiger partial charge < -0.3 is 15.0 Å². The fourth-order valence-corrected chi connectivity index (χ4v) is 2.42. The molecule has 1 aliphatic heterocycles. The Bertz CT molecular complexity index is 359. The average molecular weight is 425 g/mol. The van der Waals surface area contributed by atoms with E-state index in [4.69, 9.17) is 9.73 Å². The van der Waals surface area contributed by atoms with Crippen molar-refractivity contribution in [2.75, 3.05) is 33.3 Å². The molecule has 1 N–H and O–H groups in total. The first-order valence-corrected chi connectivity index (χ1v) is 7.98. The first kappa shape index (κ1) is 21.5. The van der Waals surface area contributed by atoms with E-state index in [2.05, 4.69) is 37.9 Å². The molecule has 0 aromatic rings. The predicted molar refractivity (Wildman–Crippen MR) is 102 cm³/mol. The van der Waals surface area contributed by atoms with Crippen molar-refractivity contribution in [1.29, 1.82) is 0 Å². The van der Waals surface area contributed by atoms with Gasteiger partial charge in [-0.2, -0.15) is 0 Å². The number of halogens is 1. The van der Waals surface area contributed by atoms with Crippen molar-refractivity contribution in [3.8, 4) is 0 Å². The van der Waals surface area contributed by atoms with Crippen LogP contribution in [0.4, 0.5) is 0 Å². The van der Waals surface area contributed by atoms with Crippen LogP contribution in [0.2, 0.25) is 0 Å². The Kier molecular flexibility index (Phi) is 10.0. The Hall–Kier alpha value is -0.530. The third kappa shape index (κ3) is 7.65. The Balaban J connectivity index is 0.00000441. The van der Waals surface area contributed by atoms with E-state index < -0.39 is 0 Å². The standard InChI is InChI=1S/C16H31N3O2.HI/c1-6-17-15(18-10-9-16(2,3)4)19-11-7-13(8-12-19)14(20)21-5;/h13H,6-12H2,1-5H3,(H,17,18);1H. The van der Waals surface area contributed by atoms with Crippen LogP contribution in [0.5, 0.6) is 0 Å². The van der Waals surface area contributed by atoms with E-state index >= 15 is 0 Å². The molecule has 0 aliphatic carbocycles. The lowest BCUT2D eigenvalue weighted by Crippen LogP contribution is -2.46. The number of nitrogens with zero attached hydrogens (tertiary/aromatic N) is 2. The van der Waals surface area contributed by atoms with Gasteiger partial charge in [0.25, 0.3) is 0 Å². The second-order valence-electron chi connectivity index (χ2n) is 6.83. The molecule has 0 atom stereocenters. The van der Waals surface area contributed by atoms with Gasteiger partial charge in [0.15, 0.2) is 5.96 Å². The molecule has 0 amide bonds.